The van der Waals surface area contributed by atoms with Crippen LogP contribution in [0, 0.1) is 0 Å². The van der Waals surface area contributed by atoms with Crippen LogP contribution in [0.5, 0.6) is 5.75 Å². The first-order valence-corrected chi connectivity index (χ1v) is 8.80. The average molecular weight is 527 g/mol. The summed E-state index contributed by atoms with van der Waals surface area (Å²) in [4.78, 5) is 4.09. The fourth-order valence-electron chi connectivity index (χ4n) is 2.30. The van der Waals surface area contributed by atoms with Gasteiger partial charge in [0.05, 0.1) is 6.26 Å². The number of nitrogens with zero attached hydrogens (tertiary/aromatic N) is 1. The second kappa shape index (κ2) is 13.3. The third-order valence-corrected chi connectivity index (χ3v) is 3.62. The van der Waals surface area contributed by atoms with Crippen molar-refractivity contribution in [2.24, 2.45) is 4.99 Å². The molecule has 29 heavy (non-hydrogen) atoms. The first kappa shape index (κ1) is 25.1. The number of hydrogen-bond donors (Lipinski definition) is 2. The van der Waals surface area contributed by atoms with Gasteiger partial charge in [0.1, 0.15) is 18.1 Å². The summed E-state index contributed by atoms with van der Waals surface area (Å²) in [7, 11) is 1.62. The molecule has 2 rings (SSSR count). The minimum absolute atomic E-state index is 0. The molecule has 0 saturated carbocycles. The molecule has 0 aliphatic carbocycles. The van der Waals surface area contributed by atoms with E-state index < -0.39 is 12.8 Å². The van der Waals surface area contributed by atoms with Crippen molar-refractivity contribution in [3.8, 4) is 5.75 Å². The summed E-state index contributed by atoms with van der Waals surface area (Å²) < 4.78 is 52.6. The van der Waals surface area contributed by atoms with Gasteiger partial charge >= 0.3 is 6.18 Å². The van der Waals surface area contributed by atoms with Crippen LogP contribution < -0.4 is 15.4 Å². The maximum absolute atomic E-state index is 12.4. The Labute approximate surface area is 184 Å². The van der Waals surface area contributed by atoms with Gasteiger partial charge in [-0.25, -0.2) is 0 Å². The van der Waals surface area contributed by atoms with Gasteiger partial charge in [0, 0.05) is 32.3 Å². The molecule has 6 nitrogen and oxygen atoms in total. The van der Waals surface area contributed by atoms with Crippen molar-refractivity contribution in [3.05, 3.63) is 54.0 Å². The van der Waals surface area contributed by atoms with Crippen LogP contribution in [0.15, 0.2) is 52.1 Å². The fourth-order valence-corrected chi connectivity index (χ4v) is 2.30. The molecular formula is C19H25F3IN3O3. The Kier molecular flexibility index (Phi) is 11.5. The van der Waals surface area contributed by atoms with Gasteiger partial charge in [-0.3, -0.25) is 4.99 Å². The molecule has 0 amide bonds. The molecule has 0 atom stereocenters. The van der Waals surface area contributed by atoms with Gasteiger partial charge in [-0.2, -0.15) is 13.2 Å². The Morgan fingerprint density at radius 1 is 1.14 bits per heavy atom. The van der Waals surface area contributed by atoms with Gasteiger partial charge in [-0.15, -0.1) is 24.0 Å². The molecule has 2 N–H and O–H groups in total. The summed E-state index contributed by atoms with van der Waals surface area (Å²) in [6, 6.07) is 10.2. The number of alkyl halides is 3. The van der Waals surface area contributed by atoms with Crippen molar-refractivity contribution < 1.29 is 27.1 Å². The van der Waals surface area contributed by atoms with Crippen molar-refractivity contribution in [1.29, 1.82) is 0 Å². The van der Waals surface area contributed by atoms with E-state index in [-0.39, 0.29) is 36.3 Å². The van der Waals surface area contributed by atoms with Gasteiger partial charge in [-0.1, -0.05) is 18.2 Å². The number of halogens is 4. The van der Waals surface area contributed by atoms with Crippen LogP contribution in [0.3, 0.4) is 0 Å². The number of rotatable bonds is 10. The number of furan rings is 1. The largest absolute Gasteiger partial charge is 0.484 e. The Balaban J connectivity index is 0.00000420. The first-order chi connectivity index (χ1) is 13.5. The smallest absolute Gasteiger partial charge is 0.422 e. The lowest BCUT2D eigenvalue weighted by Crippen LogP contribution is -2.37. The summed E-state index contributed by atoms with van der Waals surface area (Å²) in [5.74, 6) is 1.50. The van der Waals surface area contributed by atoms with E-state index in [1.165, 1.54) is 6.07 Å². The number of aliphatic imine (C=N–C) groups is 1. The number of para-hydroxylation sites is 1. The monoisotopic (exact) mass is 527 g/mol. The quantitative estimate of drug-likeness (QED) is 0.211. The van der Waals surface area contributed by atoms with E-state index in [4.69, 9.17) is 13.9 Å². The molecule has 0 unspecified atom stereocenters. The van der Waals surface area contributed by atoms with E-state index in [0.717, 1.165) is 12.2 Å². The van der Waals surface area contributed by atoms with Gasteiger partial charge in [0.25, 0.3) is 0 Å². The molecule has 1 heterocycles. The van der Waals surface area contributed by atoms with E-state index in [9.17, 15) is 13.2 Å². The second-order valence-electron chi connectivity index (χ2n) is 5.85. The van der Waals surface area contributed by atoms with E-state index in [1.807, 2.05) is 12.1 Å². The molecule has 10 heteroatoms. The predicted molar refractivity (Wildman–Crippen MR) is 115 cm³/mol. The summed E-state index contributed by atoms with van der Waals surface area (Å²) >= 11 is 0. The van der Waals surface area contributed by atoms with Crippen molar-refractivity contribution in [2.75, 3.05) is 26.8 Å². The van der Waals surface area contributed by atoms with Crippen LogP contribution in [0.25, 0.3) is 0 Å². The average Bonchev–Trinajstić information content (AvgIpc) is 3.18. The van der Waals surface area contributed by atoms with Crippen molar-refractivity contribution in [2.45, 2.75) is 25.7 Å². The van der Waals surface area contributed by atoms with Crippen molar-refractivity contribution >= 4 is 29.9 Å². The van der Waals surface area contributed by atoms with Gasteiger partial charge in [0.15, 0.2) is 12.6 Å². The van der Waals surface area contributed by atoms with Crippen LogP contribution in [-0.2, 0) is 17.9 Å². The van der Waals surface area contributed by atoms with E-state index in [2.05, 4.69) is 15.6 Å². The number of nitrogens with one attached hydrogen (secondary N) is 2. The van der Waals surface area contributed by atoms with E-state index >= 15 is 0 Å². The van der Waals surface area contributed by atoms with E-state index in [0.29, 0.717) is 31.3 Å². The molecular weight excluding hydrogens is 502 g/mol. The van der Waals surface area contributed by atoms with Crippen LogP contribution in [-0.4, -0.2) is 38.9 Å². The van der Waals surface area contributed by atoms with Crippen molar-refractivity contribution in [3.63, 3.8) is 0 Å². The fraction of sp³-hybridized carbons (Fsp3) is 0.421. The highest BCUT2D eigenvalue weighted by molar-refractivity contribution is 14.0. The lowest BCUT2D eigenvalue weighted by atomic mass is 10.2. The summed E-state index contributed by atoms with van der Waals surface area (Å²) in [6.07, 6.45) is -2.02. The molecule has 0 aliphatic heterocycles. The van der Waals surface area contributed by atoms with Gasteiger partial charge < -0.3 is 24.5 Å². The van der Waals surface area contributed by atoms with Crippen LogP contribution in [0.1, 0.15) is 17.7 Å². The van der Waals surface area contributed by atoms with Gasteiger partial charge in [0.2, 0.25) is 0 Å². The normalized spacial score (nSPS) is 11.7. The molecule has 0 bridgehead atoms. The predicted octanol–water partition coefficient (Wildman–Crippen LogP) is 4.11. The highest BCUT2D eigenvalue weighted by Crippen LogP contribution is 2.22. The Morgan fingerprint density at radius 3 is 2.62 bits per heavy atom. The minimum Gasteiger partial charge on any atom is -0.484 e. The van der Waals surface area contributed by atoms with Gasteiger partial charge in [-0.05, 0) is 24.6 Å². The minimum atomic E-state index is -4.38. The third kappa shape index (κ3) is 10.4. The Morgan fingerprint density at radius 2 is 1.93 bits per heavy atom. The zero-order valence-corrected chi connectivity index (χ0v) is 18.3. The van der Waals surface area contributed by atoms with Crippen LogP contribution >= 0.6 is 24.0 Å². The van der Waals surface area contributed by atoms with Crippen molar-refractivity contribution in [1.82, 2.24) is 10.6 Å². The number of hydrogen-bond acceptors (Lipinski definition) is 4. The molecule has 162 valence electrons. The van der Waals surface area contributed by atoms with E-state index in [1.54, 1.807) is 31.5 Å². The Bertz CT molecular complexity index is 725. The highest BCUT2D eigenvalue weighted by Gasteiger charge is 2.28. The molecule has 0 radical (unpaired) electrons. The summed E-state index contributed by atoms with van der Waals surface area (Å²) in [6.45, 7) is 0.565. The number of benzene rings is 1. The summed E-state index contributed by atoms with van der Waals surface area (Å²) in [5.41, 5.74) is 0.608. The zero-order valence-electron chi connectivity index (χ0n) is 16.0. The molecule has 0 aliphatic rings. The molecule has 0 spiro atoms. The highest BCUT2D eigenvalue weighted by atomic mass is 127. The molecule has 1 aromatic carbocycles. The molecule has 2 aromatic rings. The van der Waals surface area contributed by atoms with Crippen LogP contribution in [0.2, 0.25) is 0 Å². The van der Waals surface area contributed by atoms with Crippen LogP contribution in [0.4, 0.5) is 13.2 Å². The maximum atomic E-state index is 12.4. The molecule has 0 fully saturated rings. The SMILES string of the molecule is CN=C(NCCCOCc1ccco1)NCc1ccccc1OCC(F)(F)F.I. The topological polar surface area (TPSA) is 68.0 Å². The lowest BCUT2D eigenvalue weighted by Gasteiger charge is -2.15. The first-order valence-electron chi connectivity index (χ1n) is 8.80. The Hall–Kier alpha value is -1.95. The second-order valence-corrected chi connectivity index (χ2v) is 5.85. The molecule has 0 saturated heterocycles. The number of ether oxygens (including phenoxy) is 2. The lowest BCUT2D eigenvalue weighted by molar-refractivity contribution is -0.153. The molecule has 1 aromatic heterocycles. The number of guanidine groups is 1. The standard InChI is InChI=1S/C19H24F3N3O3.HI/c1-23-18(24-9-5-10-26-13-16-7-4-11-27-16)25-12-15-6-2-3-8-17(15)28-14-19(20,21)22;/h2-4,6-8,11H,5,9-10,12-14H2,1H3,(H2,23,24,25);1H. The summed E-state index contributed by atoms with van der Waals surface area (Å²) in [5, 5.41) is 6.18. The third-order valence-electron chi connectivity index (χ3n) is 3.62. The maximum Gasteiger partial charge on any atom is 0.422 e. The zero-order chi connectivity index (χ0) is 20.2.